The van der Waals surface area contributed by atoms with Crippen LogP contribution in [-0.2, 0) is 0 Å². The summed E-state index contributed by atoms with van der Waals surface area (Å²) in [6.45, 7) is 6.40. The molecule has 2 aliphatic rings. The molecule has 3 heterocycles. The fourth-order valence-electron chi connectivity index (χ4n) is 3.34. The van der Waals surface area contributed by atoms with Crippen LogP contribution in [0.2, 0.25) is 0 Å². The lowest BCUT2D eigenvalue weighted by molar-refractivity contribution is 0.459. The molecule has 0 bridgehead atoms. The Bertz CT molecular complexity index is 471. The lowest BCUT2D eigenvalue weighted by atomic mass is 9.98. The standard InChI is InChI=1S/C15H26N6/c1-2-12-6-5-10-21(11-7-12)15-18-13(16)17-14(19-15)20-8-3-4-9-20/h12H,2-11H2,1H3,(H2,16,17,18,19). The van der Waals surface area contributed by atoms with E-state index in [2.05, 4.69) is 31.7 Å². The molecule has 1 atom stereocenters. The van der Waals surface area contributed by atoms with E-state index in [1.54, 1.807) is 0 Å². The molecule has 6 heteroatoms. The summed E-state index contributed by atoms with van der Waals surface area (Å²) in [4.78, 5) is 17.9. The summed E-state index contributed by atoms with van der Waals surface area (Å²) in [6.07, 6.45) is 7.44. The first-order valence-electron chi connectivity index (χ1n) is 8.27. The van der Waals surface area contributed by atoms with Crippen molar-refractivity contribution in [1.29, 1.82) is 0 Å². The van der Waals surface area contributed by atoms with Gasteiger partial charge < -0.3 is 15.5 Å². The third-order valence-electron chi connectivity index (χ3n) is 4.73. The molecule has 1 aromatic rings. The molecule has 2 N–H and O–H groups in total. The van der Waals surface area contributed by atoms with E-state index in [1.165, 1.54) is 38.5 Å². The third kappa shape index (κ3) is 3.36. The molecule has 6 nitrogen and oxygen atoms in total. The van der Waals surface area contributed by atoms with Crippen LogP contribution in [0.5, 0.6) is 0 Å². The lowest BCUT2D eigenvalue weighted by Gasteiger charge is -2.22. The predicted molar refractivity (Wildman–Crippen MR) is 85.5 cm³/mol. The zero-order valence-electron chi connectivity index (χ0n) is 13.0. The zero-order valence-corrected chi connectivity index (χ0v) is 13.0. The normalized spacial score (nSPS) is 23.4. The van der Waals surface area contributed by atoms with Gasteiger partial charge in [-0.25, -0.2) is 0 Å². The summed E-state index contributed by atoms with van der Waals surface area (Å²) in [7, 11) is 0. The molecule has 116 valence electrons. The van der Waals surface area contributed by atoms with Gasteiger partial charge in [0.05, 0.1) is 0 Å². The topological polar surface area (TPSA) is 71.2 Å². The molecule has 1 aromatic heterocycles. The average molecular weight is 290 g/mol. The monoisotopic (exact) mass is 290 g/mol. The maximum absolute atomic E-state index is 5.91. The van der Waals surface area contributed by atoms with Crippen LogP contribution >= 0.6 is 0 Å². The van der Waals surface area contributed by atoms with Crippen LogP contribution < -0.4 is 15.5 Å². The largest absolute Gasteiger partial charge is 0.368 e. The number of anilines is 3. The van der Waals surface area contributed by atoms with Gasteiger partial charge in [-0.3, -0.25) is 0 Å². The molecule has 2 aliphatic heterocycles. The lowest BCUT2D eigenvalue weighted by Crippen LogP contribution is -2.29. The molecule has 2 saturated heterocycles. The van der Waals surface area contributed by atoms with Crippen LogP contribution in [0.15, 0.2) is 0 Å². The number of nitrogens with two attached hydrogens (primary N) is 1. The molecule has 0 spiro atoms. The van der Waals surface area contributed by atoms with Crippen LogP contribution in [0.4, 0.5) is 17.8 Å². The van der Waals surface area contributed by atoms with Gasteiger partial charge in [0, 0.05) is 26.2 Å². The molecule has 21 heavy (non-hydrogen) atoms. The highest BCUT2D eigenvalue weighted by molar-refractivity contribution is 5.44. The van der Waals surface area contributed by atoms with Crippen molar-refractivity contribution in [1.82, 2.24) is 15.0 Å². The van der Waals surface area contributed by atoms with E-state index in [1.807, 2.05) is 0 Å². The number of aromatic nitrogens is 3. The Morgan fingerprint density at radius 2 is 1.52 bits per heavy atom. The third-order valence-corrected chi connectivity index (χ3v) is 4.73. The number of nitrogens with zero attached hydrogens (tertiary/aromatic N) is 5. The SMILES string of the molecule is CCC1CCCN(c2nc(N)nc(N3CCCC3)n2)CC1. The van der Waals surface area contributed by atoms with Gasteiger partial charge in [-0.2, -0.15) is 15.0 Å². The van der Waals surface area contributed by atoms with Crippen molar-refractivity contribution in [2.45, 2.75) is 45.4 Å². The van der Waals surface area contributed by atoms with Crippen LogP contribution in [0, 0.1) is 5.92 Å². The van der Waals surface area contributed by atoms with Gasteiger partial charge in [0.25, 0.3) is 0 Å². The highest BCUT2D eigenvalue weighted by Gasteiger charge is 2.21. The summed E-state index contributed by atoms with van der Waals surface area (Å²) >= 11 is 0. The van der Waals surface area contributed by atoms with Gasteiger partial charge in [0.15, 0.2) is 0 Å². The summed E-state index contributed by atoms with van der Waals surface area (Å²) in [6, 6.07) is 0. The van der Waals surface area contributed by atoms with E-state index >= 15 is 0 Å². The highest BCUT2D eigenvalue weighted by atomic mass is 15.4. The van der Waals surface area contributed by atoms with E-state index < -0.39 is 0 Å². The Morgan fingerprint density at radius 1 is 0.905 bits per heavy atom. The fraction of sp³-hybridized carbons (Fsp3) is 0.800. The van der Waals surface area contributed by atoms with Gasteiger partial charge in [0.2, 0.25) is 17.8 Å². The zero-order chi connectivity index (χ0) is 14.7. The van der Waals surface area contributed by atoms with Crippen molar-refractivity contribution in [2.75, 3.05) is 41.7 Å². The molecular formula is C15H26N6. The Morgan fingerprint density at radius 3 is 2.19 bits per heavy atom. The molecule has 1 unspecified atom stereocenters. The van der Waals surface area contributed by atoms with E-state index in [-0.39, 0.29) is 0 Å². The molecule has 0 saturated carbocycles. The summed E-state index contributed by atoms with van der Waals surface area (Å²) < 4.78 is 0. The first-order valence-corrected chi connectivity index (χ1v) is 8.27. The summed E-state index contributed by atoms with van der Waals surface area (Å²) in [5, 5.41) is 0. The number of rotatable bonds is 3. The van der Waals surface area contributed by atoms with Gasteiger partial charge in [-0.05, 0) is 38.0 Å². The minimum Gasteiger partial charge on any atom is -0.368 e. The van der Waals surface area contributed by atoms with Crippen molar-refractivity contribution < 1.29 is 0 Å². The van der Waals surface area contributed by atoms with Crippen LogP contribution in [0.25, 0.3) is 0 Å². The fourth-order valence-corrected chi connectivity index (χ4v) is 3.34. The van der Waals surface area contributed by atoms with Gasteiger partial charge in [-0.1, -0.05) is 13.3 Å². The first kappa shape index (κ1) is 14.4. The second-order valence-electron chi connectivity index (χ2n) is 6.18. The minimum absolute atomic E-state index is 0.346. The van der Waals surface area contributed by atoms with Crippen molar-refractivity contribution in [3.05, 3.63) is 0 Å². The predicted octanol–water partition coefficient (Wildman–Crippen LogP) is 2.07. The maximum atomic E-state index is 5.91. The van der Waals surface area contributed by atoms with Gasteiger partial charge in [0.1, 0.15) is 0 Å². The number of nitrogen functional groups attached to an aromatic ring is 1. The summed E-state index contributed by atoms with van der Waals surface area (Å²) in [5.74, 6) is 2.71. The first-order chi connectivity index (χ1) is 10.3. The maximum Gasteiger partial charge on any atom is 0.231 e. The van der Waals surface area contributed by atoms with Crippen LogP contribution in [-0.4, -0.2) is 41.1 Å². The molecule has 3 rings (SSSR count). The number of hydrogen-bond acceptors (Lipinski definition) is 6. The van der Waals surface area contributed by atoms with Crippen molar-refractivity contribution in [3.63, 3.8) is 0 Å². The Labute approximate surface area is 126 Å². The Hall–Kier alpha value is -1.59. The van der Waals surface area contributed by atoms with Crippen molar-refractivity contribution in [2.24, 2.45) is 5.92 Å². The minimum atomic E-state index is 0.346. The molecular weight excluding hydrogens is 264 g/mol. The highest BCUT2D eigenvalue weighted by Crippen LogP contribution is 2.24. The smallest absolute Gasteiger partial charge is 0.231 e. The van der Waals surface area contributed by atoms with Crippen LogP contribution in [0.1, 0.15) is 45.4 Å². The van der Waals surface area contributed by atoms with E-state index in [9.17, 15) is 0 Å². The molecule has 0 aliphatic carbocycles. The second-order valence-corrected chi connectivity index (χ2v) is 6.18. The van der Waals surface area contributed by atoms with Crippen molar-refractivity contribution in [3.8, 4) is 0 Å². The van der Waals surface area contributed by atoms with Crippen LogP contribution in [0.3, 0.4) is 0 Å². The molecule has 0 amide bonds. The van der Waals surface area contributed by atoms with E-state index in [0.29, 0.717) is 5.95 Å². The summed E-state index contributed by atoms with van der Waals surface area (Å²) in [5.41, 5.74) is 5.91. The number of hydrogen-bond donors (Lipinski definition) is 1. The Kier molecular flexibility index (Phi) is 4.41. The molecule has 0 aromatic carbocycles. The second kappa shape index (κ2) is 6.45. The quantitative estimate of drug-likeness (QED) is 0.919. The molecule has 2 fully saturated rings. The van der Waals surface area contributed by atoms with Crippen molar-refractivity contribution >= 4 is 17.8 Å². The Balaban J connectivity index is 1.77. The average Bonchev–Trinajstić information content (AvgIpc) is 2.91. The molecule has 0 radical (unpaired) electrons. The van der Waals surface area contributed by atoms with Gasteiger partial charge in [-0.15, -0.1) is 0 Å². The van der Waals surface area contributed by atoms with E-state index in [0.717, 1.165) is 44.0 Å². The van der Waals surface area contributed by atoms with E-state index in [4.69, 9.17) is 5.73 Å². The van der Waals surface area contributed by atoms with Gasteiger partial charge >= 0.3 is 0 Å².